The number of halogens is 4. The summed E-state index contributed by atoms with van der Waals surface area (Å²) in [4.78, 5) is 11.5. The number of hydrogen-bond donors (Lipinski definition) is 2. The molecular formula is C16H14F4N2O4S. The first-order chi connectivity index (χ1) is 12.5. The van der Waals surface area contributed by atoms with Crippen molar-refractivity contribution in [3.63, 3.8) is 0 Å². The molecule has 0 saturated heterocycles. The number of benzene rings is 2. The molecule has 0 bridgehead atoms. The van der Waals surface area contributed by atoms with Crippen LogP contribution in [-0.2, 0) is 14.8 Å². The van der Waals surface area contributed by atoms with E-state index >= 15 is 0 Å². The van der Waals surface area contributed by atoms with E-state index in [4.69, 9.17) is 0 Å². The Morgan fingerprint density at radius 2 is 1.74 bits per heavy atom. The molecule has 0 aromatic heterocycles. The molecule has 0 aliphatic rings. The highest BCUT2D eigenvalue weighted by molar-refractivity contribution is 7.89. The monoisotopic (exact) mass is 406 g/mol. The van der Waals surface area contributed by atoms with Gasteiger partial charge in [0.05, 0.1) is 11.4 Å². The molecule has 0 atom stereocenters. The molecule has 0 aliphatic carbocycles. The number of rotatable bonds is 6. The second kappa shape index (κ2) is 7.92. The number of carbonyl (C=O) groups is 1. The van der Waals surface area contributed by atoms with Crippen molar-refractivity contribution in [1.82, 2.24) is 4.72 Å². The van der Waals surface area contributed by atoms with E-state index in [0.29, 0.717) is 11.3 Å². The van der Waals surface area contributed by atoms with Gasteiger partial charge in [-0.05, 0) is 55.0 Å². The van der Waals surface area contributed by atoms with Crippen LogP contribution in [0.3, 0.4) is 0 Å². The average molecular weight is 406 g/mol. The van der Waals surface area contributed by atoms with Gasteiger partial charge in [-0.2, -0.15) is 0 Å². The minimum atomic E-state index is -4.89. The second-order valence-corrected chi connectivity index (χ2v) is 7.12. The van der Waals surface area contributed by atoms with E-state index in [1.807, 2.05) is 4.72 Å². The summed E-state index contributed by atoms with van der Waals surface area (Å²) >= 11 is 0. The number of nitrogens with one attached hydrogen (secondary N) is 2. The predicted molar refractivity (Wildman–Crippen MR) is 88.1 cm³/mol. The molecule has 0 unspecified atom stereocenters. The smallest absolute Gasteiger partial charge is 0.406 e. The van der Waals surface area contributed by atoms with E-state index in [1.54, 1.807) is 6.92 Å². The van der Waals surface area contributed by atoms with Crippen LogP contribution in [0, 0.1) is 12.7 Å². The highest BCUT2D eigenvalue weighted by Gasteiger charge is 2.31. The maximum absolute atomic E-state index is 13.0. The molecule has 0 spiro atoms. The number of hydrogen-bond acceptors (Lipinski definition) is 4. The van der Waals surface area contributed by atoms with Crippen LogP contribution in [0.4, 0.5) is 23.2 Å². The van der Waals surface area contributed by atoms with E-state index < -0.39 is 40.4 Å². The zero-order valence-corrected chi connectivity index (χ0v) is 14.6. The summed E-state index contributed by atoms with van der Waals surface area (Å²) in [5.74, 6) is -1.76. The molecule has 0 fully saturated rings. The largest absolute Gasteiger partial charge is 0.573 e. The first-order valence-electron chi connectivity index (χ1n) is 7.38. The zero-order valence-electron chi connectivity index (χ0n) is 13.8. The van der Waals surface area contributed by atoms with Crippen molar-refractivity contribution in [2.45, 2.75) is 18.2 Å². The van der Waals surface area contributed by atoms with Crippen molar-refractivity contribution in [2.75, 3.05) is 11.9 Å². The number of aryl methyl sites for hydroxylation is 1. The lowest BCUT2D eigenvalue weighted by Gasteiger charge is -2.11. The Morgan fingerprint density at radius 1 is 1.11 bits per heavy atom. The Morgan fingerprint density at radius 3 is 2.30 bits per heavy atom. The number of carbonyl (C=O) groups excluding carboxylic acids is 1. The molecule has 6 nitrogen and oxygen atoms in total. The van der Waals surface area contributed by atoms with Crippen LogP contribution in [0.25, 0.3) is 0 Å². The van der Waals surface area contributed by atoms with Gasteiger partial charge in [0.25, 0.3) is 0 Å². The highest BCUT2D eigenvalue weighted by Crippen LogP contribution is 2.23. The van der Waals surface area contributed by atoms with Gasteiger partial charge in [0.15, 0.2) is 0 Å². The first-order valence-corrected chi connectivity index (χ1v) is 8.86. The summed E-state index contributed by atoms with van der Waals surface area (Å²) in [6.07, 6.45) is -4.89. The van der Waals surface area contributed by atoms with E-state index in [9.17, 15) is 30.8 Å². The average Bonchev–Trinajstić information content (AvgIpc) is 2.55. The van der Waals surface area contributed by atoms with Crippen LogP contribution in [0.5, 0.6) is 5.75 Å². The molecule has 1 amide bonds. The lowest BCUT2D eigenvalue weighted by molar-refractivity contribution is -0.274. The van der Waals surface area contributed by atoms with Gasteiger partial charge in [-0.25, -0.2) is 17.5 Å². The molecule has 146 valence electrons. The molecule has 0 aliphatic heterocycles. The predicted octanol–water partition coefficient (Wildman–Crippen LogP) is 2.95. The third-order valence-corrected chi connectivity index (χ3v) is 4.67. The van der Waals surface area contributed by atoms with Crippen LogP contribution in [0.2, 0.25) is 0 Å². The van der Waals surface area contributed by atoms with Gasteiger partial charge in [-0.15, -0.1) is 13.2 Å². The Kier molecular flexibility index (Phi) is 6.06. The van der Waals surface area contributed by atoms with Crippen LogP contribution in [0.15, 0.2) is 47.4 Å². The molecular weight excluding hydrogens is 392 g/mol. The van der Waals surface area contributed by atoms with E-state index in [2.05, 4.69) is 10.1 Å². The van der Waals surface area contributed by atoms with Crippen molar-refractivity contribution in [1.29, 1.82) is 0 Å². The normalized spacial score (nSPS) is 11.9. The fourth-order valence-corrected chi connectivity index (χ4v) is 3.01. The topological polar surface area (TPSA) is 84.5 Å². The lowest BCUT2D eigenvalue weighted by atomic mass is 10.2. The van der Waals surface area contributed by atoms with Gasteiger partial charge in [-0.1, -0.05) is 0 Å². The highest BCUT2D eigenvalue weighted by atomic mass is 32.2. The van der Waals surface area contributed by atoms with Gasteiger partial charge >= 0.3 is 6.36 Å². The van der Waals surface area contributed by atoms with E-state index in [1.165, 1.54) is 12.1 Å². The van der Waals surface area contributed by atoms with Crippen LogP contribution >= 0.6 is 0 Å². The van der Waals surface area contributed by atoms with E-state index in [0.717, 1.165) is 30.3 Å². The Balaban J connectivity index is 1.98. The molecule has 2 aromatic rings. The SMILES string of the molecule is Cc1cc(F)ccc1NC(=O)CNS(=O)(=O)c1ccc(OC(F)(F)F)cc1. The molecule has 11 heteroatoms. The van der Waals surface area contributed by atoms with Gasteiger partial charge in [0.2, 0.25) is 15.9 Å². The molecule has 27 heavy (non-hydrogen) atoms. The summed E-state index contributed by atoms with van der Waals surface area (Å²) in [7, 11) is -4.13. The van der Waals surface area contributed by atoms with Crippen molar-refractivity contribution < 1.29 is 35.5 Å². The molecule has 0 saturated carbocycles. The molecule has 0 radical (unpaired) electrons. The summed E-state index contributed by atoms with van der Waals surface area (Å²) < 4.78 is 79.2. The Bertz CT molecular complexity index is 928. The van der Waals surface area contributed by atoms with Crippen molar-refractivity contribution in [2.24, 2.45) is 0 Å². The van der Waals surface area contributed by atoms with Gasteiger partial charge in [0, 0.05) is 5.69 Å². The van der Waals surface area contributed by atoms with Gasteiger partial charge in [0.1, 0.15) is 11.6 Å². The zero-order chi connectivity index (χ0) is 20.2. The molecule has 2 rings (SSSR count). The van der Waals surface area contributed by atoms with Crippen molar-refractivity contribution in [3.8, 4) is 5.75 Å². The summed E-state index contributed by atoms with van der Waals surface area (Å²) in [6.45, 7) is 0.938. The minimum Gasteiger partial charge on any atom is -0.406 e. The third kappa shape index (κ3) is 6.22. The van der Waals surface area contributed by atoms with Gasteiger partial charge < -0.3 is 10.1 Å². The Hall–Kier alpha value is -2.66. The summed E-state index contributed by atoms with van der Waals surface area (Å²) in [5.41, 5.74) is 0.765. The van der Waals surface area contributed by atoms with Crippen molar-refractivity contribution >= 4 is 21.6 Å². The number of anilines is 1. The quantitative estimate of drug-likeness (QED) is 0.723. The van der Waals surface area contributed by atoms with Gasteiger partial charge in [-0.3, -0.25) is 4.79 Å². The fraction of sp³-hybridized carbons (Fsp3) is 0.188. The van der Waals surface area contributed by atoms with Crippen LogP contribution < -0.4 is 14.8 Å². The fourth-order valence-electron chi connectivity index (χ4n) is 2.03. The first kappa shape index (κ1) is 20.6. The summed E-state index contributed by atoms with van der Waals surface area (Å²) in [6, 6.07) is 7.16. The van der Waals surface area contributed by atoms with Crippen molar-refractivity contribution in [3.05, 3.63) is 53.8 Å². The Labute approximate surface area is 152 Å². The number of amides is 1. The minimum absolute atomic E-state index is 0.314. The number of alkyl halides is 3. The number of sulfonamides is 1. The van der Waals surface area contributed by atoms with E-state index in [-0.39, 0.29) is 4.90 Å². The second-order valence-electron chi connectivity index (χ2n) is 5.35. The standard InChI is InChI=1S/C16H14F4N2O4S/c1-10-8-11(17)2-7-14(10)22-15(23)9-21-27(24,25)13-5-3-12(4-6-13)26-16(18,19)20/h2-8,21H,9H2,1H3,(H,22,23). The third-order valence-electron chi connectivity index (χ3n) is 3.25. The van der Waals surface area contributed by atoms with Crippen LogP contribution in [0.1, 0.15) is 5.56 Å². The maximum atomic E-state index is 13.0. The number of ether oxygens (including phenoxy) is 1. The van der Waals surface area contributed by atoms with Crippen LogP contribution in [-0.4, -0.2) is 27.2 Å². The summed E-state index contributed by atoms with van der Waals surface area (Å²) in [5, 5.41) is 2.42. The lowest BCUT2D eigenvalue weighted by Crippen LogP contribution is -2.33. The molecule has 2 aromatic carbocycles. The molecule has 2 N–H and O–H groups in total. The molecule has 0 heterocycles. The maximum Gasteiger partial charge on any atom is 0.573 e.